The molecule has 36 heavy (non-hydrogen) atoms. The maximum atomic E-state index is 12.8. The Balaban J connectivity index is 2.06. The van der Waals surface area contributed by atoms with Crippen molar-refractivity contribution in [2.24, 2.45) is 11.0 Å². The molecular weight excluding hydrogens is 620 g/mol. The van der Waals surface area contributed by atoms with E-state index in [1.165, 1.54) is 12.3 Å². The number of hydrogen-bond acceptors (Lipinski definition) is 6. The fourth-order valence-corrected chi connectivity index (χ4v) is 4.39. The third-order valence-electron chi connectivity index (χ3n) is 4.84. The highest BCUT2D eigenvalue weighted by Gasteiger charge is 2.25. The van der Waals surface area contributed by atoms with Crippen LogP contribution in [0.15, 0.2) is 35.4 Å². The zero-order chi connectivity index (χ0) is 26.8. The molecule has 0 aliphatic heterocycles. The lowest BCUT2D eigenvalue weighted by Gasteiger charge is -2.22. The molecule has 196 valence electrons. The molecule has 0 saturated carbocycles. The summed E-state index contributed by atoms with van der Waals surface area (Å²) in [5.41, 5.74) is 3.22. The van der Waals surface area contributed by atoms with E-state index in [0.29, 0.717) is 40.9 Å². The zero-order valence-electron chi connectivity index (χ0n) is 20.7. The van der Waals surface area contributed by atoms with Crippen LogP contribution in [0.1, 0.15) is 39.7 Å². The lowest BCUT2D eigenvalue weighted by atomic mass is 10.0. The Morgan fingerprint density at radius 1 is 1.11 bits per heavy atom. The van der Waals surface area contributed by atoms with Crippen LogP contribution >= 0.6 is 45.8 Å². The first kappa shape index (κ1) is 30.0. The lowest BCUT2D eigenvalue weighted by molar-refractivity contribution is -0.132. The van der Waals surface area contributed by atoms with Crippen molar-refractivity contribution >= 4 is 63.8 Å². The van der Waals surface area contributed by atoms with Crippen molar-refractivity contribution in [3.8, 4) is 17.2 Å². The van der Waals surface area contributed by atoms with Gasteiger partial charge in [0.2, 0.25) is 0 Å². The molecule has 2 rings (SSSR count). The molecular formula is C25H30Cl2IN3O5. The lowest BCUT2D eigenvalue weighted by Crippen LogP contribution is -2.49. The Labute approximate surface area is 235 Å². The summed E-state index contributed by atoms with van der Waals surface area (Å²) in [5, 5.41) is 7.55. The van der Waals surface area contributed by atoms with Gasteiger partial charge in [0.1, 0.15) is 11.8 Å². The van der Waals surface area contributed by atoms with Crippen molar-refractivity contribution in [1.29, 1.82) is 0 Å². The van der Waals surface area contributed by atoms with Crippen LogP contribution in [0.4, 0.5) is 0 Å². The highest BCUT2D eigenvalue weighted by Crippen LogP contribution is 2.33. The highest BCUT2D eigenvalue weighted by atomic mass is 127. The van der Waals surface area contributed by atoms with Crippen molar-refractivity contribution in [2.45, 2.75) is 46.3 Å². The Kier molecular flexibility index (Phi) is 12.1. The summed E-state index contributed by atoms with van der Waals surface area (Å²) in [5.74, 6) is 0.769. The highest BCUT2D eigenvalue weighted by molar-refractivity contribution is 14.1. The predicted octanol–water partition coefficient (Wildman–Crippen LogP) is 5.45. The topological polar surface area (TPSA) is 98.2 Å². The Hall–Kier alpha value is -2.24. The van der Waals surface area contributed by atoms with Gasteiger partial charge >= 0.3 is 0 Å². The molecule has 0 aromatic heterocycles. The third kappa shape index (κ3) is 9.01. The molecule has 2 aromatic carbocycles. The number of methoxy groups -OCH3 is 1. The van der Waals surface area contributed by atoms with E-state index in [-0.39, 0.29) is 10.9 Å². The number of benzene rings is 2. The minimum absolute atomic E-state index is 0.143. The molecule has 2 N–H and O–H groups in total. The number of carbonyl (C=O) groups is 2. The monoisotopic (exact) mass is 649 g/mol. The number of ether oxygens (including phenoxy) is 3. The molecule has 2 aromatic rings. The van der Waals surface area contributed by atoms with Gasteiger partial charge in [-0.25, -0.2) is 5.43 Å². The minimum atomic E-state index is -0.895. The number of hydrazone groups is 1. The van der Waals surface area contributed by atoms with Gasteiger partial charge < -0.3 is 19.5 Å². The number of halogens is 3. The van der Waals surface area contributed by atoms with Gasteiger partial charge in [-0.1, -0.05) is 37.0 Å². The van der Waals surface area contributed by atoms with Crippen LogP contribution in [-0.4, -0.2) is 43.9 Å². The predicted molar refractivity (Wildman–Crippen MR) is 151 cm³/mol. The van der Waals surface area contributed by atoms with E-state index in [1.807, 2.05) is 26.8 Å². The summed E-state index contributed by atoms with van der Waals surface area (Å²) in [7, 11) is 1.56. The SMILES string of the molecule is CCOc1c(I)cc(/C=N\NC(=O)[C@H](CC(C)C)NC(=O)[C@@H](C)Oc2ccc(Cl)cc2Cl)cc1OC. The molecule has 0 saturated heterocycles. The van der Waals surface area contributed by atoms with Gasteiger partial charge in [-0.3, -0.25) is 9.59 Å². The van der Waals surface area contributed by atoms with Crippen molar-refractivity contribution in [3.05, 3.63) is 49.5 Å². The fourth-order valence-electron chi connectivity index (χ4n) is 3.15. The van der Waals surface area contributed by atoms with Gasteiger partial charge in [0.15, 0.2) is 17.6 Å². The molecule has 0 unspecified atom stereocenters. The number of nitrogens with one attached hydrogen (secondary N) is 2. The zero-order valence-corrected chi connectivity index (χ0v) is 24.4. The summed E-state index contributed by atoms with van der Waals surface area (Å²) in [6.45, 7) is 7.89. The van der Waals surface area contributed by atoms with Crippen molar-refractivity contribution < 1.29 is 23.8 Å². The molecule has 2 amide bonds. The second kappa shape index (κ2) is 14.5. The van der Waals surface area contributed by atoms with E-state index in [0.717, 1.165) is 3.57 Å². The van der Waals surface area contributed by atoms with Crippen molar-refractivity contribution in [1.82, 2.24) is 10.7 Å². The maximum Gasteiger partial charge on any atom is 0.262 e. The average Bonchev–Trinajstić information content (AvgIpc) is 2.81. The molecule has 0 spiro atoms. The van der Waals surface area contributed by atoms with Crippen LogP contribution in [-0.2, 0) is 9.59 Å². The summed E-state index contributed by atoms with van der Waals surface area (Å²) in [4.78, 5) is 25.6. The second-order valence-corrected chi connectivity index (χ2v) is 10.2. The van der Waals surface area contributed by atoms with Gasteiger partial charge in [0, 0.05) is 5.02 Å². The van der Waals surface area contributed by atoms with Crippen molar-refractivity contribution in [2.75, 3.05) is 13.7 Å². The largest absolute Gasteiger partial charge is 0.493 e. The Bertz CT molecular complexity index is 1100. The number of hydrogen-bond donors (Lipinski definition) is 2. The van der Waals surface area contributed by atoms with Crippen LogP contribution in [0.25, 0.3) is 0 Å². The molecule has 8 nitrogen and oxygen atoms in total. The summed E-state index contributed by atoms with van der Waals surface area (Å²) >= 11 is 14.2. The summed E-state index contributed by atoms with van der Waals surface area (Å²) in [6, 6.07) is 7.53. The number of rotatable bonds is 12. The minimum Gasteiger partial charge on any atom is -0.493 e. The number of nitrogens with zero attached hydrogens (tertiary/aromatic N) is 1. The standard InChI is InChI=1S/C25H30Cl2IN3O5/c1-6-35-23-19(28)10-16(11-22(23)34-5)13-29-31-25(33)20(9-14(2)3)30-24(32)15(4)36-21-8-7-17(26)12-18(21)27/h7-8,10-15,20H,6,9H2,1-5H3,(H,30,32)(H,31,33)/b29-13-/t15-,20+/m1/s1. The molecule has 0 aliphatic rings. The quantitative estimate of drug-likeness (QED) is 0.181. The van der Waals surface area contributed by atoms with Gasteiger partial charge in [0.25, 0.3) is 11.8 Å². The Morgan fingerprint density at radius 2 is 1.83 bits per heavy atom. The summed E-state index contributed by atoms with van der Waals surface area (Å²) in [6.07, 6.45) is 1.02. The van der Waals surface area contributed by atoms with E-state index in [9.17, 15) is 9.59 Å². The molecule has 2 atom stereocenters. The van der Waals surface area contributed by atoms with Crippen LogP contribution in [0.2, 0.25) is 10.0 Å². The van der Waals surface area contributed by atoms with E-state index in [1.54, 1.807) is 32.2 Å². The first-order valence-corrected chi connectivity index (χ1v) is 13.1. The van der Waals surface area contributed by atoms with E-state index in [2.05, 4.69) is 38.4 Å². The smallest absolute Gasteiger partial charge is 0.262 e. The third-order valence-corrected chi connectivity index (χ3v) is 6.17. The molecule has 0 aliphatic carbocycles. The number of carbonyl (C=O) groups excluding carboxylic acids is 2. The molecule has 0 bridgehead atoms. The van der Waals surface area contributed by atoms with Crippen LogP contribution in [0, 0.1) is 9.49 Å². The van der Waals surface area contributed by atoms with Crippen molar-refractivity contribution in [3.63, 3.8) is 0 Å². The molecule has 11 heteroatoms. The fraction of sp³-hybridized carbons (Fsp3) is 0.400. The van der Waals surface area contributed by atoms with Gasteiger partial charge in [0.05, 0.1) is 28.5 Å². The van der Waals surface area contributed by atoms with Gasteiger partial charge in [-0.2, -0.15) is 5.10 Å². The Morgan fingerprint density at radius 3 is 2.44 bits per heavy atom. The van der Waals surface area contributed by atoms with Gasteiger partial charge in [-0.05, 0) is 84.7 Å². The van der Waals surface area contributed by atoms with Gasteiger partial charge in [-0.15, -0.1) is 0 Å². The first-order valence-electron chi connectivity index (χ1n) is 11.3. The molecule has 0 radical (unpaired) electrons. The van der Waals surface area contributed by atoms with E-state index < -0.39 is 24.0 Å². The second-order valence-electron chi connectivity index (χ2n) is 8.23. The molecule has 0 fully saturated rings. The van der Waals surface area contributed by atoms with Crippen LogP contribution < -0.4 is 25.0 Å². The first-order chi connectivity index (χ1) is 17.0. The molecule has 0 heterocycles. The summed E-state index contributed by atoms with van der Waals surface area (Å²) < 4.78 is 17.5. The van der Waals surface area contributed by atoms with E-state index in [4.69, 9.17) is 37.4 Å². The average molecular weight is 650 g/mol. The van der Waals surface area contributed by atoms with Crippen LogP contribution in [0.5, 0.6) is 17.2 Å². The van der Waals surface area contributed by atoms with Crippen LogP contribution in [0.3, 0.4) is 0 Å². The van der Waals surface area contributed by atoms with E-state index >= 15 is 0 Å². The normalized spacial score (nSPS) is 12.8. The maximum absolute atomic E-state index is 12.8. The number of amides is 2.